The van der Waals surface area contributed by atoms with Crippen LogP contribution in [0.3, 0.4) is 0 Å². The molecule has 3 aromatic heterocycles. The molecule has 176 valence electrons. The van der Waals surface area contributed by atoms with Crippen LogP contribution in [0.25, 0.3) is 60.1 Å². The van der Waals surface area contributed by atoms with Crippen molar-refractivity contribution in [2.75, 3.05) is 0 Å². The van der Waals surface area contributed by atoms with Gasteiger partial charge in [0.2, 0.25) is 5.52 Å². The second-order valence-corrected chi connectivity index (χ2v) is 11.7. The van der Waals surface area contributed by atoms with Gasteiger partial charge in [-0.1, -0.05) is 75.4 Å². The average molecular weight is 468 g/mol. The highest BCUT2D eigenvalue weighted by Gasteiger charge is 2.24. The summed E-state index contributed by atoms with van der Waals surface area (Å²) in [5.41, 5.74) is 10.7. The third-order valence-electron chi connectivity index (χ3n) is 7.74. The van der Waals surface area contributed by atoms with E-state index in [0.717, 1.165) is 6.42 Å². The molecule has 7 aromatic rings. The van der Waals surface area contributed by atoms with Gasteiger partial charge in [-0.25, -0.2) is 4.57 Å². The number of pyridine rings is 2. The van der Waals surface area contributed by atoms with Gasteiger partial charge in [0, 0.05) is 16.8 Å². The minimum atomic E-state index is 0.240. The molecule has 36 heavy (non-hydrogen) atoms. The van der Waals surface area contributed by atoms with Crippen molar-refractivity contribution in [1.82, 2.24) is 4.40 Å². The topological polar surface area (TPSA) is 8.29 Å². The minimum Gasteiger partial charge on any atom is -0.307 e. The molecule has 0 N–H and O–H groups in total. The van der Waals surface area contributed by atoms with Crippen LogP contribution >= 0.6 is 0 Å². The summed E-state index contributed by atoms with van der Waals surface area (Å²) in [5.74, 6) is 0. The van der Waals surface area contributed by atoms with Crippen LogP contribution in [-0.2, 0) is 13.5 Å². The van der Waals surface area contributed by atoms with E-state index in [1.54, 1.807) is 0 Å². The number of nitrogens with zero attached hydrogens (tertiary/aromatic N) is 2. The highest BCUT2D eigenvalue weighted by atomic mass is 15.0. The molecule has 0 spiro atoms. The molecule has 3 heterocycles. The summed E-state index contributed by atoms with van der Waals surface area (Å²) in [5, 5.41) is 6.64. The first-order chi connectivity index (χ1) is 17.3. The van der Waals surface area contributed by atoms with Crippen molar-refractivity contribution in [3.63, 3.8) is 0 Å². The lowest BCUT2D eigenvalue weighted by molar-refractivity contribution is -0.643. The van der Waals surface area contributed by atoms with Crippen molar-refractivity contribution < 1.29 is 4.57 Å². The third kappa shape index (κ3) is 3.00. The Morgan fingerprint density at radius 3 is 2.31 bits per heavy atom. The molecule has 0 aliphatic rings. The van der Waals surface area contributed by atoms with Gasteiger partial charge < -0.3 is 4.40 Å². The molecule has 0 fully saturated rings. The fraction of sp³-hybridized carbons (Fsp3) is 0.206. The standard InChI is InChI=1S/C34H31N2/c1-21-11-13-27-26-14-12-22(20-34(2,3)4)17-28(26)36-29-19-25(23-9-7-6-8-10-23)18-24-15-16-35(5)33(31(24)29)30(21)32(27)36/h6-19H,20H2,1-5H3/q+1. The molecule has 0 radical (unpaired) electrons. The van der Waals surface area contributed by atoms with E-state index in [-0.39, 0.29) is 5.41 Å². The van der Waals surface area contributed by atoms with E-state index in [4.69, 9.17) is 0 Å². The van der Waals surface area contributed by atoms with Gasteiger partial charge in [-0.2, -0.15) is 0 Å². The summed E-state index contributed by atoms with van der Waals surface area (Å²) >= 11 is 0. The highest BCUT2D eigenvalue weighted by Crippen LogP contribution is 2.42. The summed E-state index contributed by atoms with van der Waals surface area (Å²) in [7, 11) is 2.18. The SMILES string of the molecule is Cc1ccc2c3ccc(CC(C)(C)C)cc3n3c4cc(-c5ccccc5)cc5cc[n+](C)c(c1c23)c54. The van der Waals surface area contributed by atoms with Crippen LogP contribution in [0.2, 0.25) is 0 Å². The van der Waals surface area contributed by atoms with Gasteiger partial charge in [-0.15, -0.1) is 0 Å². The van der Waals surface area contributed by atoms with Crippen LogP contribution in [0.5, 0.6) is 0 Å². The van der Waals surface area contributed by atoms with Gasteiger partial charge in [-0.3, -0.25) is 0 Å². The lowest BCUT2D eigenvalue weighted by Gasteiger charge is -2.18. The number of aryl methyl sites for hydroxylation is 2. The number of benzene rings is 4. The molecule has 0 saturated heterocycles. The second kappa shape index (κ2) is 7.30. The predicted molar refractivity (Wildman–Crippen MR) is 153 cm³/mol. The summed E-state index contributed by atoms with van der Waals surface area (Å²) < 4.78 is 4.86. The number of rotatable bonds is 2. The Balaban J connectivity index is 1.75. The molecule has 2 heteroatoms. The van der Waals surface area contributed by atoms with Crippen molar-refractivity contribution in [3.05, 3.63) is 96.2 Å². The molecule has 0 aliphatic heterocycles. The third-order valence-corrected chi connectivity index (χ3v) is 7.74. The van der Waals surface area contributed by atoms with Gasteiger partial charge in [0.15, 0.2) is 6.20 Å². The summed E-state index contributed by atoms with van der Waals surface area (Å²) in [6, 6.07) is 29.5. The normalized spacial score (nSPS) is 12.7. The molecule has 0 atom stereocenters. The second-order valence-electron chi connectivity index (χ2n) is 11.7. The fourth-order valence-electron chi connectivity index (χ4n) is 6.28. The Morgan fingerprint density at radius 1 is 0.750 bits per heavy atom. The summed E-state index contributed by atoms with van der Waals surface area (Å²) in [6.07, 6.45) is 3.27. The molecule has 0 bridgehead atoms. The van der Waals surface area contributed by atoms with E-state index in [2.05, 4.69) is 129 Å². The van der Waals surface area contributed by atoms with E-state index in [0.29, 0.717) is 0 Å². The van der Waals surface area contributed by atoms with Gasteiger partial charge in [-0.05, 0) is 64.6 Å². The zero-order chi connectivity index (χ0) is 24.8. The Bertz CT molecular complexity index is 1950. The summed E-state index contributed by atoms with van der Waals surface area (Å²) in [4.78, 5) is 0. The molecule has 0 saturated carbocycles. The number of fused-ring (bicyclic) bond motifs is 5. The molecule has 2 nitrogen and oxygen atoms in total. The van der Waals surface area contributed by atoms with Crippen LogP contribution in [0.1, 0.15) is 31.9 Å². The Morgan fingerprint density at radius 2 is 1.53 bits per heavy atom. The van der Waals surface area contributed by atoms with Crippen molar-refractivity contribution in [1.29, 1.82) is 0 Å². The lowest BCUT2D eigenvalue weighted by atomic mass is 9.88. The van der Waals surface area contributed by atoms with Crippen LogP contribution < -0.4 is 4.57 Å². The highest BCUT2D eigenvalue weighted by molar-refractivity contribution is 6.26. The van der Waals surface area contributed by atoms with Crippen LogP contribution in [0.4, 0.5) is 0 Å². The first-order valence-corrected chi connectivity index (χ1v) is 12.9. The molecular formula is C34H31N2+. The van der Waals surface area contributed by atoms with Gasteiger partial charge in [0.25, 0.3) is 0 Å². The summed E-state index contributed by atoms with van der Waals surface area (Å²) in [6.45, 7) is 9.21. The first-order valence-electron chi connectivity index (χ1n) is 12.9. The average Bonchev–Trinajstić information content (AvgIpc) is 3.18. The Hall–Kier alpha value is -3.91. The quantitative estimate of drug-likeness (QED) is 0.137. The molecule has 0 aliphatic carbocycles. The Labute approximate surface area is 211 Å². The molecule has 7 rings (SSSR count). The van der Waals surface area contributed by atoms with Crippen LogP contribution in [0.15, 0.2) is 85.1 Å². The molecular weight excluding hydrogens is 436 g/mol. The van der Waals surface area contributed by atoms with Crippen molar-refractivity contribution in [2.24, 2.45) is 12.5 Å². The van der Waals surface area contributed by atoms with Crippen molar-refractivity contribution in [2.45, 2.75) is 34.1 Å². The molecule has 0 amide bonds. The van der Waals surface area contributed by atoms with E-state index in [1.165, 1.54) is 71.3 Å². The van der Waals surface area contributed by atoms with Crippen molar-refractivity contribution >= 4 is 49.0 Å². The van der Waals surface area contributed by atoms with E-state index in [1.807, 2.05) is 0 Å². The maximum absolute atomic E-state index is 2.56. The molecule has 4 aromatic carbocycles. The van der Waals surface area contributed by atoms with Gasteiger partial charge >= 0.3 is 0 Å². The van der Waals surface area contributed by atoms with E-state index in [9.17, 15) is 0 Å². The maximum Gasteiger partial charge on any atom is 0.224 e. The van der Waals surface area contributed by atoms with Crippen LogP contribution in [-0.4, -0.2) is 4.40 Å². The largest absolute Gasteiger partial charge is 0.307 e. The minimum absolute atomic E-state index is 0.240. The monoisotopic (exact) mass is 467 g/mol. The predicted octanol–water partition coefficient (Wildman–Crippen LogP) is 8.38. The number of hydrogen-bond donors (Lipinski definition) is 0. The smallest absolute Gasteiger partial charge is 0.224 e. The lowest BCUT2D eigenvalue weighted by Crippen LogP contribution is -2.28. The van der Waals surface area contributed by atoms with E-state index < -0.39 is 0 Å². The number of hydrogen-bond acceptors (Lipinski definition) is 0. The fourth-order valence-corrected chi connectivity index (χ4v) is 6.28. The zero-order valence-electron chi connectivity index (χ0n) is 21.7. The molecule has 0 unspecified atom stereocenters. The number of aromatic nitrogens is 2. The first kappa shape index (κ1) is 21.4. The van der Waals surface area contributed by atoms with Gasteiger partial charge in [0.05, 0.1) is 27.3 Å². The van der Waals surface area contributed by atoms with E-state index >= 15 is 0 Å². The van der Waals surface area contributed by atoms with Gasteiger partial charge in [0.1, 0.15) is 7.05 Å². The van der Waals surface area contributed by atoms with Crippen LogP contribution in [0, 0.1) is 12.3 Å². The van der Waals surface area contributed by atoms with Crippen molar-refractivity contribution in [3.8, 4) is 11.1 Å². The zero-order valence-corrected chi connectivity index (χ0v) is 21.7. The Kier molecular flexibility index (Phi) is 4.34. The maximum atomic E-state index is 2.56.